The SMILES string of the molecule is CC(=O)Nc1cccc(N2CC(C(=O)NCc3ccc(Cl)cc3)CC2=O)c1. The molecule has 0 radical (unpaired) electrons. The molecule has 27 heavy (non-hydrogen) atoms. The first-order valence-corrected chi connectivity index (χ1v) is 9.00. The number of benzene rings is 2. The predicted octanol–water partition coefficient (Wildman–Crippen LogP) is 2.97. The van der Waals surface area contributed by atoms with Gasteiger partial charge in [-0.1, -0.05) is 29.8 Å². The molecule has 1 saturated heterocycles. The fourth-order valence-electron chi connectivity index (χ4n) is 3.02. The maximum absolute atomic E-state index is 12.4. The third-order valence-corrected chi connectivity index (χ3v) is 4.61. The van der Waals surface area contributed by atoms with Gasteiger partial charge in [0.1, 0.15) is 0 Å². The lowest BCUT2D eigenvalue weighted by Crippen LogP contribution is -2.32. The summed E-state index contributed by atoms with van der Waals surface area (Å²) in [5.41, 5.74) is 2.22. The van der Waals surface area contributed by atoms with Crippen LogP contribution in [0.1, 0.15) is 18.9 Å². The van der Waals surface area contributed by atoms with Crippen molar-refractivity contribution in [1.29, 1.82) is 0 Å². The number of hydrogen-bond donors (Lipinski definition) is 2. The van der Waals surface area contributed by atoms with Crippen molar-refractivity contribution in [3.63, 3.8) is 0 Å². The number of carbonyl (C=O) groups excluding carboxylic acids is 3. The molecule has 1 aliphatic heterocycles. The van der Waals surface area contributed by atoms with Gasteiger partial charge in [0.05, 0.1) is 5.92 Å². The van der Waals surface area contributed by atoms with Crippen LogP contribution in [-0.2, 0) is 20.9 Å². The Balaban J connectivity index is 1.62. The molecule has 6 nitrogen and oxygen atoms in total. The highest BCUT2D eigenvalue weighted by molar-refractivity contribution is 6.30. The van der Waals surface area contributed by atoms with Gasteiger partial charge in [0.2, 0.25) is 17.7 Å². The highest BCUT2D eigenvalue weighted by atomic mass is 35.5. The quantitative estimate of drug-likeness (QED) is 0.830. The lowest BCUT2D eigenvalue weighted by molar-refractivity contribution is -0.126. The zero-order valence-electron chi connectivity index (χ0n) is 14.9. The summed E-state index contributed by atoms with van der Waals surface area (Å²) in [5.74, 6) is -0.853. The maximum Gasteiger partial charge on any atom is 0.227 e. The summed E-state index contributed by atoms with van der Waals surface area (Å²) in [7, 11) is 0. The first-order chi connectivity index (χ1) is 12.9. The number of anilines is 2. The summed E-state index contributed by atoms with van der Waals surface area (Å²) >= 11 is 5.85. The van der Waals surface area contributed by atoms with Crippen LogP contribution < -0.4 is 15.5 Å². The molecule has 2 N–H and O–H groups in total. The molecular weight excluding hydrogens is 366 g/mol. The van der Waals surface area contributed by atoms with E-state index < -0.39 is 5.92 Å². The second-order valence-corrected chi connectivity index (χ2v) is 6.92. The van der Waals surface area contributed by atoms with Crippen LogP contribution in [0.25, 0.3) is 0 Å². The molecule has 1 fully saturated rings. The van der Waals surface area contributed by atoms with E-state index >= 15 is 0 Å². The van der Waals surface area contributed by atoms with Crippen LogP contribution in [0.5, 0.6) is 0 Å². The van der Waals surface area contributed by atoms with E-state index in [1.54, 1.807) is 41.3 Å². The lowest BCUT2D eigenvalue weighted by Gasteiger charge is -2.18. The van der Waals surface area contributed by atoms with E-state index in [1.807, 2.05) is 12.1 Å². The largest absolute Gasteiger partial charge is 0.352 e. The Morgan fingerprint density at radius 3 is 2.63 bits per heavy atom. The molecule has 0 saturated carbocycles. The van der Waals surface area contributed by atoms with Crippen LogP contribution in [0, 0.1) is 5.92 Å². The third kappa shape index (κ3) is 4.86. The van der Waals surface area contributed by atoms with Crippen molar-refractivity contribution in [2.75, 3.05) is 16.8 Å². The Labute approximate surface area is 162 Å². The smallest absolute Gasteiger partial charge is 0.227 e. The molecule has 3 amide bonds. The van der Waals surface area contributed by atoms with Crippen LogP contribution in [0.3, 0.4) is 0 Å². The number of halogens is 1. The fraction of sp³-hybridized carbons (Fsp3) is 0.250. The number of hydrogen-bond acceptors (Lipinski definition) is 3. The van der Waals surface area contributed by atoms with E-state index in [0.29, 0.717) is 29.5 Å². The zero-order valence-corrected chi connectivity index (χ0v) is 15.6. The van der Waals surface area contributed by atoms with Crippen LogP contribution in [0.15, 0.2) is 48.5 Å². The van der Waals surface area contributed by atoms with Crippen molar-refractivity contribution in [2.45, 2.75) is 19.9 Å². The van der Waals surface area contributed by atoms with Crippen molar-refractivity contribution < 1.29 is 14.4 Å². The molecule has 0 aliphatic carbocycles. The molecule has 0 bridgehead atoms. The summed E-state index contributed by atoms with van der Waals surface area (Å²) in [5, 5.41) is 6.21. The number of amides is 3. The van der Waals surface area contributed by atoms with E-state index in [9.17, 15) is 14.4 Å². The predicted molar refractivity (Wildman–Crippen MR) is 105 cm³/mol. The summed E-state index contributed by atoms with van der Waals surface area (Å²) in [6, 6.07) is 14.3. The summed E-state index contributed by atoms with van der Waals surface area (Å²) in [4.78, 5) is 37.6. The first-order valence-electron chi connectivity index (χ1n) is 8.62. The minimum absolute atomic E-state index is 0.110. The highest BCUT2D eigenvalue weighted by Crippen LogP contribution is 2.27. The van der Waals surface area contributed by atoms with E-state index in [2.05, 4.69) is 10.6 Å². The van der Waals surface area contributed by atoms with Crippen LogP contribution in [0.4, 0.5) is 11.4 Å². The lowest BCUT2D eigenvalue weighted by atomic mass is 10.1. The van der Waals surface area contributed by atoms with Crippen molar-refractivity contribution >= 4 is 40.7 Å². The second kappa shape index (κ2) is 8.22. The molecule has 140 valence electrons. The molecule has 1 heterocycles. The van der Waals surface area contributed by atoms with Gasteiger partial charge in [-0.05, 0) is 35.9 Å². The van der Waals surface area contributed by atoms with Gasteiger partial charge in [-0.25, -0.2) is 0 Å². The number of rotatable bonds is 5. The van der Waals surface area contributed by atoms with Gasteiger partial charge in [0.25, 0.3) is 0 Å². The molecule has 7 heteroatoms. The van der Waals surface area contributed by atoms with Gasteiger partial charge in [-0.3, -0.25) is 14.4 Å². The van der Waals surface area contributed by atoms with Crippen LogP contribution in [-0.4, -0.2) is 24.3 Å². The van der Waals surface area contributed by atoms with Gasteiger partial charge in [0.15, 0.2) is 0 Å². The first kappa shape index (κ1) is 18.9. The van der Waals surface area contributed by atoms with Crippen molar-refractivity contribution in [2.24, 2.45) is 5.92 Å². The monoisotopic (exact) mass is 385 g/mol. The Bertz CT molecular complexity index is 867. The Hall–Kier alpha value is -2.86. The Morgan fingerprint density at radius 1 is 1.19 bits per heavy atom. The van der Waals surface area contributed by atoms with Gasteiger partial charge in [-0.15, -0.1) is 0 Å². The topological polar surface area (TPSA) is 78.5 Å². The molecule has 3 rings (SSSR count). The molecule has 0 spiro atoms. The van der Waals surface area contributed by atoms with Crippen molar-refractivity contribution in [3.05, 3.63) is 59.1 Å². The number of nitrogens with zero attached hydrogens (tertiary/aromatic N) is 1. The highest BCUT2D eigenvalue weighted by Gasteiger charge is 2.35. The van der Waals surface area contributed by atoms with Crippen molar-refractivity contribution in [1.82, 2.24) is 5.32 Å². The Morgan fingerprint density at radius 2 is 1.93 bits per heavy atom. The summed E-state index contributed by atoms with van der Waals surface area (Å²) < 4.78 is 0. The molecule has 1 aliphatic rings. The maximum atomic E-state index is 12.4. The minimum atomic E-state index is -0.408. The molecule has 2 aromatic carbocycles. The standard InChI is InChI=1S/C20H20ClN3O3/c1-13(25)23-17-3-2-4-18(10-17)24-12-15(9-19(24)26)20(27)22-11-14-5-7-16(21)8-6-14/h2-8,10,15H,9,11-12H2,1H3,(H,22,27)(H,23,25). The van der Waals surface area contributed by atoms with E-state index in [-0.39, 0.29) is 24.1 Å². The molecular formula is C20H20ClN3O3. The number of nitrogens with one attached hydrogen (secondary N) is 2. The third-order valence-electron chi connectivity index (χ3n) is 4.35. The summed E-state index contributed by atoms with van der Waals surface area (Å²) in [6.07, 6.45) is 0.164. The molecule has 2 aromatic rings. The van der Waals surface area contributed by atoms with Crippen LogP contribution >= 0.6 is 11.6 Å². The van der Waals surface area contributed by atoms with Gasteiger partial charge in [-0.2, -0.15) is 0 Å². The normalized spacial score (nSPS) is 16.3. The average Bonchev–Trinajstić information content (AvgIpc) is 3.02. The van der Waals surface area contributed by atoms with Crippen LogP contribution in [0.2, 0.25) is 5.02 Å². The van der Waals surface area contributed by atoms with E-state index in [1.165, 1.54) is 6.92 Å². The Kier molecular flexibility index (Phi) is 5.76. The molecule has 1 unspecified atom stereocenters. The van der Waals surface area contributed by atoms with Gasteiger partial charge < -0.3 is 15.5 Å². The van der Waals surface area contributed by atoms with E-state index in [4.69, 9.17) is 11.6 Å². The summed E-state index contributed by atoms with van der Waals surface area (Å²) in [6.45, 7) is 2.13. The average molecular weight is 386 g/mol. The fourth-order valence-corrected chi connectivity index (χ4v) is 3.15. The van der Waals surface area contributed by atoms with Crippen molar-refractivity contribution in [3.8, 4) is 0 Å². The number of carbonyl (C=O) groups is 3. The molecule has 1 atom stereocenters. The minimum Gasteiger partial charge on any atom is -0.352 e. The van der Waals surface area contributed by atoms with E-state index in [0.717, 1.165) is 5.56 Å². The molecule has 0 aromatic heterocycles. The zero-order chi connectivity index (χ0) is 19.4. The second-order valence-electron chi connectivity index (χ2n) is 6.48. The van der Waals surface area contributed by atoms with Gasteiger partial charge >= 0.3 is 0 Å². The van der Waals surface area contributed by atoms with Gasteiger partial charge in [0, 0.05) is 42.8 Å².